The normalized spacial score (nSPS) is 19.2. The van der Waals surface area contributed by atoms with E-state index in [0.717, 1.165) is 68.7 Å². The number of benzene rings is 3. The number of anilines is 1. The van der Waals surface area contributed by atoms with Gasteiger partial charge in [-0.15, -0.1) is 0 Å². The highest BCUT2D eigenvalue weighted by Gasteiger charge is 2.30. The van der Waals surface area contributed by atoms with Crippen molar-refractivity contribution in [1.29, 1.82) is 0 Å². The smallest absolute Gasteiger partial charge is 0.255 e. The van der Waals surface area contributed by atoms with Gasteiger partial charge in [-0.25, -0.2) is 4.98 Å². The second-order valence-corrected chi connectivity index (χ2v) is 12.4. The molecule has 6 rings (SSSR count). The van der Waals surface area contributed by atoms with Gasteiger partial charge in [0.05, 0.1) is 24.3 Å². The van der Waals surface area contributed by atoms with E-state index >= 15 is 0 Å². The number of aryl methyl sites for hydroxylation is 1. The van der Waals surface area contributed by atoms with Crippen LogP contribution in [0.3, 0.4) is 0 Å². The predicted octanol–water partition coefficient (Wildman–Crippen LogP) is 5.92. The van der Waals surface area contributed by atoms with Crippen molar-refractivity contribution in [1.82, 2.24) is 20.1 Å². The average molecular weight is 590 g/mol. The van der Waals surface area contributed by atoms with Gasteiger partial charge in [-0.2, -0.15) is 0 Å². The molecule has 7 nitrogen and oxygen atoms in total. The van der Waals surface area contributed by atoms with Gasteiger partial charge in [0, 0.05) is 44.5 Å². The van der Waals surface area contributed by atoms with Crippen molar-refractivity contribution in [3.05, 3.63) is 107 Å². The Labute approximate surface area is 261 Å². The Balaban J connectivity index is 1.02. The zero-order valence-corrected chi connectivity index (χ0v) is 25.8. The first-order valence-electron chi connectivity index (χ1n) is 15.8. The number of likely N-dealkylation sites (N-methyl/N-ethyl adjacent to an activating group) is 1. The summed E-state index contributed by atoms with van der Waals surface area (Å²) in [5.41, 5.74) is 14.5. The molecule has 3 aromatic carbocycles. The quantitative estimate of drug-likeness (QED) is 0.252. The van der Waals surface area contributed by atoms with Crippen LogP contribution in [0.25, 0.3) is 22.3 Å². The third-order valence-electron chi connectivity index (χ3n) is 9.02. The van der Waals surface area contributed by atoms with Crippen LogP contribution in [0, 0.1) is 6.92 Å². The predicted molar refractivity (Wildman–Crippen MR) is 177 cm³/mol. The number of rotatable bonds is 9. The minimum atomic E-state index is -0.205. The van der Waals surface area contributed by atoms with Gasteiger partial charge in [0.1, 0.15) is 5.82 Å². The van der Waals surface area contributed by atoms with Crippen molar-refractivity contribution in [3.8, 4) is 22.3 Å². The molecule has 2 atom stereocenters. The van der Waals surface area contributed by atoms with E-state index < -0.39 is 0 Å². The number of nitrogens with two attached hydrogens (primary N) is 1. The number of aromatic nitrogens is 1. The fourth-order valence-corrected chi connectivity index (χ4v) is 6.16. The second kappa shape index (κ2) is 13.7. The molecule has 4 aromatic rings. The number of carbonyl (C=O) groups excluding carboxylic acids is 1. The number of nitrogen functional groups attached to an aromatic ring is 1. The van der Waals surface area contributed by atoms with E-state index in [-0.39, 0.29) is 23.9 Å². The van der Waals surface area contributed by atoms with Crippen LogP contribution < -0.4 is 11.1 Å². The Hall–Kier alpha value is -4.04. The summed E-state index contributed by atoms with van der Waals surface area (Å²) in [7, 11) is 2.19. The van der Waals surface area contributed by atoms with Crippen molar-refractivity contribution in [2.24, 2.45) is 0 Å². The van der Waals surface area contributed by atoms with E-state index in [1.54, 1.807) is 6.20 Å². The number of nitrogens with zero attached hydrogens (tertiary/aromatic N) is 3. The zero-order valence-electron chi connectivity index (χ0n) is 25.8. The molecular formula is C37H43N5O2. The Morgan fingerprint density at radius 1 is 0.864 bits per heavy atom. The third kappa shape index (κ3) is 7.36. The standard InChI is InChI=1S/C37H43N5O2/c1-26-6-12-31(13-7-26)32-22-33(36(38)39-23-32)37(43)40-34-4-3-5-35(34)44-25-28-10-16-30(17-11-28)29-14-8-27(9-15-29)24-42-20-18-41(2)19-21-42/h6-17,22-23,34-35H,3-5,18-21,24-25H2,1-2H3,(H2,38,39)(H,40,43)/t34-,35-/m0/s1. The van der Waals surface area contributed by atoms with Crippen LogP contribution in [0.4, 0.5) is 5.82 Å². The first-order chi connectivity index (χ1) is 21.4. The van der Waals surface area contributed by atoms with E-state index in [2.05, 4.69) is 82.6 Å². The molecule has 0 radical (unpaired) electrons. The van der Waals surface area contributed by atoms with Gasteiger partial charge in [-0.05, 0) is 67.1 Å². The fraction of sp³-hybridized carbons (Fsp3) is 0.351. The van der Waals surface area contributed by atoms with Gasteiger partial charge in [0.2, 0.25) is 0 Å². The summed E-state index contributed by atoms with van der Waals surface area (Å²) >= 11 is 0. The number of hydrogen-bond acceptors (Lipinski definition) is 6. The number of pyridine rings is 1. The summed E-state index contributed by atoms with van der Waals surface area (Å²) in [6, 6.07) is 27.5. The molecule has 44 heavy (non-hydrogen) atoms. The van der Waals surface area contributed by atoms with Crippen LogP contribution in [-0.4, -0.2) is 66.1 Å². The molecule has 1 aromatic heterocycles. The van der Waals surface area contributed by atoms with Gasteiger partial charge in [-0.3, -0.25) is 9.69 Å². The molecule has 3 N–H and O–H groups in total. The SMILES string of the molecule is Cc1ccc(-c2cnc(N)c(C(=O)N[C@H]3CCC[C@@H]3OCc3ccc(-c4ccc(CN5CCN(C)CC5)cc4)cc3)c2)cc1. The monoisotopic (exact) mass is 589 g/mol. The number of amides is 1. The Bertz CT molecular complexity index is 1540. The molecule has 2 fully saturated rings. The maximum atomic E-state index is 13.3. The van der Waals surface area contributed by atoms with E-state index in [0.29, 0.717) is 12.2 Å². The third-order valence-corrected chi connectivity index (χ3v) is 9.02. The molecule has 2 aliphatic rings. The molecule has 0 unspecified atom stereocenters. The largest absolute Gasteiger partial charge is 0.383 e. The number of piperazine rings is 1. The maximum Gasteiger partial charge on any atom is 0.255 e. The molecule has 228 valence electrons. The lowest BCUT2D eigenvalue weighted by molar-refractivity contribution is 0.0272. The minimum absolute atomic E-state index is 0.0408. The summed E-state index contributed by atoms with van der Waals surface area (Å²) < 4.78 is 6.34. The van der Waals surface area contributed by atoms with Crippen molar-refractivity contribution < 1.29 is 9.53 Å². The average Bonchev–Trinajstić information content (AvgIpc) is 3.49. The number of ether oxygens (including phenoxy) is 1. The highest BCUT2D eigenvalue weighted by atomic mass is 16.5. The molecule has 0 bridgehead atoms. The zero-order chi connectivity index (χ0) is 30.5. The van der Waals surface area contributed by atoms with Crippen LogP contribution in [0.15, 0.2) is 85.1 Å². The van der Waals surface area contributed by atoms with Crippen molar-refractivity contribution >= 4 is 11.7 Å². The molecule has 1 aliphatic heterocycles. The summed E-state index contributed by atoms with van der Waals surface area (Å²) in [6.45, 7) is 8.11. The van der Waals surface area contributed by atoms with Crippen molar-refractivity contribution in [2.45, 2.75) is 51.5 Å². The Kier molecular flexibility index (Phi) is 9.36. The topological polar surface area (TPSA) is 83.7 Å². The summed E-state index contributed by atoms with van der Waals surface area (Å²) in [4.78, 5) is 22.5. The van der Waals surface area contributed by atoms with E-state index in [1.807, 2.05) is 30.3 Å². The Morgan fingerprint density at radius 2 is 1.48 bits per heavy atom. The molecule has 1 amide bonds. The van der Waals surface area contributed by atoms with E-state index in [4.69, 9.17) is 10.5 Å². The molecule has 1 saturated heterocycles. The number of nitrogens with one attached hydrogen (secondary N) is 1. The molecule has 1 aliphatic carbocycles. The lowest BCUT2D eigenvalue weighted by atomic mass is 10.0. The van der Waals surface area contributed by atoms with Crippen LogP contribution in [0.1, 0.15) is 46.3 Å². The van der Waals surface area contributed by atoms with E-state index in [1.165, 1.54) is 22.3 Å². The lowest BCUT2D eigenvalue weighted by Gasteiger charge is -2.32. The van der Waals surface area contributed by atoms with Crippen LogP contribution >= 0.6 is 0 Å². The van der Waals surface area contributed by atoms with Crippen LogP contribution in [-0.2, 0) is 17.9 Å². The molecule has 1 saturated carbocycles. The first kappa shape index (κ1) is 30.0. The highest BCUT2D eigenvalue weighted by molar-refractivity contribution is 5.99. The van der Waals surface area contributed by atoms with E-state index in [9.17, 15) is 4.79 Å². The fourth-order valence-electron chi connectivity index (χ4n) is 6.16. The highest BCUT2D eigenvalue weighted by Crippen LogP contribution is 2.27. The van der Waals surface area contributed by atoms with Gasteiger partial charge in [0.15, 0.2) is 0 Å². The summed E-state index contributed by atoms with van der Waals surface area (Å²) in [6.07, 6.45) is 4.48. The molecular weight excluding hydrogens is 546 g/mol. The second-order valence-electron chi connectivity index (χ2n) is 12.4. The number of hydrogen-bond donors (Lipinski definition) is 2. The van der Waals surface area contributed by atoms with Gasteiger partial charge >= 0.3 is 0 Å². The van der Waals surface area contributed by atoms with Crippen molar-refractivity contribution in [3.63, 3.8) is 0 Å². The van der Waals surface area contributed by atoms with Crippen LogP contribution in [0.2, 0.25) is 0 Å². The summed E-state index contributed by atoms with van der Waals surface area (Å²) in [5, 5.41) is 3.18. The molecule has 7 heteroatoms. The minimum Gasteiger partial charge on any atom is -0.383 e. The van der Waals surface area contributed by atoms with Gasteiger partial charge in [0.25, 0.3) is 5.91 Å². The molecule has 0 spiro atoms. The number of carbonyl (C=O) groups is 1. The first-order valence-corrected chi connectivity index (χ1v) is 15.8. The summed E-state index contributed by atoms with van der Waals surface area (Å²) in [5.74, 6) is 0.0296. The van der Waals surface area contributed by atoms with Gasteiger partial charge in [-0.1, -0.05) is 78.4 Å². The lowest BCUT2D eigenvalue weighted by Crippen LogP contribution is -2.43. The Morgan fingerprint density at radius 3 is 2.16 bits per heavy atom. The van der Waals surface area contributed by atoms with Crippen LogP contribution in [0.5, 0.6) is 0 Å². The van der Waals surface area contributed by atoms with Crippen molar-refractivity contribution in [2.75, 3.05) is 39.0 Å². The molecule has 2 heterocycles. The van der Waals surface area contributed by atoms with Gasteiger partial charge < -0.3 is 20.7 Å². The maximum absolute atomic E-state index is 13.3.